The van der Waals surface area contributed by atoms with E-state index in [0.29, 0.717) is 26.2 Å². The van der Waals surface area contributed by atoms with Crippen molar-refractivity contribution in [1.82, 2.24) is 14.7 Å². The number of likely N-dealkylation sites (tertiary alicyclic amines) is 1. The highest BCUT2D eigenvalue weighted by Crippen LogP contribution is 2.12. The molecule has 0 aliphatic carbocycles. The normalized spacial score (nSPS) is 20.6. The first-order valence-electron chi connectivity index (χ1n) is 6.17. The van der Waals surface area contributed by atoms with Crippen molar-refractivity contribution in [2.24, 2.45) is 0 Å². The molecule has 17 heavy (non-hydrogen) atoms. The molecule has 0 unspecified atom stereocenters. The lowest BCUT2D eigenvalue weighted by atomic mass is 10.3. The van der Waals surface area contributed by atoms with Crippen molar-refractivity contribution in [2.45, 2.75) is 12.8 Å². The monoisotopic (exact) mass is 237 g/mol. The van der Waals surface area contributed by atoms with Crippen molar-refractivity contribution in [1.29, 1.82) is 0 Å². The first kappa shape index (κ1) is 12.0. The van der Waals surface area contributed by atoms with Crippen molar-refractivity contribution in [3.63, 3.8) is 0 Å². The van der Waals surface area contributed by atoms with E-state index in [1.54, 1.807) is 4.90 Å². The molecule has 5 heteroatoms. The Bertz CT molecular complexity index is 316. The van der Waals surface area contributed by atoms with E-state index >= 15 is 0 Å². The van der Waals surface area contributed by atoms with Crippen molar-refractivity contribution < 1.29 is 9.59 Å². The van der Waals surface area contributed by atoms with Crippen molar-refractivity contribution in [3.05, 3.63) is 12.7 Å². The molecule has 3 amide bonds. The number of hydrogen-bond donors (Lipinski definition) is 0. The smallest absolute Gasteiger partial charge is 0.320 e. The minimum absolute atomic E-state index is 0.0433. The average molecular weight is 237 g/mol. The summed E-state index contributed by atoms with van der Waals surface area (Å²) in [5.74, 6) is -0.0433. The highest BCUT2D eigenvalue weighted by molar-refractivity contribution is 5.87. The van der Waals surface area contributed by atoms with Gasteiger partial charge in [0.2, 0.25) is 5.91 Å². The molecule has 2 fully saturated rings. The molecule has 0 bridgehead atoms. The van der Waals surface area contributed by atoms with Gasteiger partial charge in [-0.3, -0.25) is 4.79 Å². The van der Waals surface area contributed by atoms with Crippen LogP contribution in [-0.2, 0) is 4.79 Å². The van der Waals surface area contributed by atoms with Gasteiger partial charge < -0.3 is 14.7 Å². The maximum atomic E-state index is 12.1. The van der Waals surface area contributed by atoms with E-state index in [1.807, 2.05) is 9.80 Å². The molecule has 2 heterocycles. The Kier molecular flexibility index (Phi) is 3.66. The van der Waals surface area contributed by atoms with Crippen LogP contribution in [0.1, 0.15) is 12.8 Å². The molecule has 5 nitrogen and oxygen atoms in total. The summed E-state index contributed by atoms with van der Waals surface area (Å²) < 4.78 is 0. The summed E-state index contributed by atoms with van der Waals surface area (Å²) in [6.45, 7) is 7.73. The fraction of sp³-hybridized carbons (Fsp3) is 0.667. The van der Waals surface area contributed by atoms with Crippen LogP contribution in [0.3, 0.4) is 0 Å². The molecule has 0 atom stereocenters. The van der Waals surface area contributed by atoms with Gasteiger partial charge in [0.15, 0.2) is 0 Å². The van der Waals surface area contributed by atoms with Crippen LogP contribution < -0.4 is 0 Å². The summed E-state index contributed by atoms with van der Waals surface area (Å²) in [4.78, 5) is 29.0. The third kappa shape index (κ3) is 2.60. The predicted molar refractivity (Wildman–Crippen MR) is 64.6 cm³/mol. The fourth-order valence-electron chi connectivity index (χ4n) is 2.36. The lowest BCUT2D eigenvalue weighted by Crippen LogP contribution is -2.53. The van der Waals surface area contributed by atoms with Crippen LogP contribution in [0.2, 0.25) is 0 Å². The van der Waals surface area contributed by atoms with Crippen molar-refractivity contribution >= 4 is 11.9 Å². The van der Waals surface area contributed by atoms with Gasteiger partial charge in [0.25, 0.3) is 0 Å². The highest BCUT2D eigenvalue weighted by atomic mass is 16.2. The van der Waals surface area contributed by atoms with Gasteiger partial charge in [0.05, 0.1) is 0 Å². The van der Waals surface area contributed by atoms with Gasteiger partial charge >= 0.3 is 6.03 Å². The lowest BCUT2D eigenvalue weighted by molar-refractivity contribution is -0.127. The van der Waals surface area contributed by atoms with E-state index in [-0.39, 0.29) is 11.9 Å². The molecular formula is C12H19N3O2. The fourth-order valence-corrected chi connectivity index (χ4v) is 2.36. The van der Waals surface area contributed by atoms with E-state index in [1.165, 1.54) is 6.08 Å². The second-order valence-corrected chi connectivity index (χ2v) is 4.49. The van der Waals surface area contributed by atoms with Crippen LogP contribution in [0, 0.1) is 0 Å². The number of carbonyl (C=O) groups excluding carboxylic acids is 2. The number of rotatable bonds is 1. The number of hydrogen-bond acceptors (Lipinski definition) is 2. The van der Waals surface area contributed by atoms with Crippen LogP contribution in [0.15, 0.2) is 12.7 Å². The summed E-state index contributed by atoms with van der Waals surface area (Å²) in [5.41, 5.74) is 0. The van der Waals surface area contributed by atoms with Gasteiger partial charge in [-0.1, -0.05) is 6.58 Å². The summed E-state index contributed by atoms with van der Waals surface area (Å²) in [5, 5.41) is 0. The van der Waals surface area contributed by atoms with E-state index in [9.17, 15) is 9.59 Å². The molecule has 2 aliphatic rings. The van der Waals surface area contributed by atoms with Crippen molar-refractivity contribution in [3.8, 4) is 0 Å². The van der Waals surface area contributed by atoms with Gasteiger partial charge in [0, 0.05) is 39.3 Å². The zero-order chi connectivity index (χ0) is 12.3. The Morgan fingerprint density at radius 2 is 1.29 bits per heavy atom. The van der Waals surface area contributed by atoms with Crippen LogP contribution in [0.25, 0.3) is 0 Å². The van der Waals surface area contributed by atoms with Gasteiger partial charge in [0.1, 0.15) is 0 Å². The summed E-state index contributed by atoms with van der Waals surface area (Å²) in [6.07, 6.45) is 3.55. The first-order valence-corrected chi connectivity index (χ1v) is 6.17. The SMILES string of the molecule is C=CC(=O)N1CCN(C(=O)N2CCCC2)CC1. The third-order valence-electron chi connectivity index (χ3n) is 3.41. The van der Waals surface area contributed by atoms with E-state index in [0.717, 1.165) is 25.9 Å². The molecule has 94 valence electrons. The third-order valence-corrected chi connectivity index (χ3v) is 3.41. The Balaban J connectivity index is 1.84. The van der Waals surface area contributed by atoms with Crippen LogP contribution in [0.4, 0.5) is 4.79 Å². The van der Waals surface area contributed by atoms with Gasteiger partial charge in [-0.2, -0.15) is 0 Å². The molecule has 0 aromatic rings. The molecule has 2 aliphatic heterocycles. The minimum Gasteiger partial charge on any atom is -0.336 e. The zero-order valence-electron chi connectivity index (χ0n) is 10.1. The largest absolute Gasteiger partial charge is 0.336 e. The van der Waals surface area contributed by atoms with E-state index in [4.69, 9.17) is 0 Å². The second kappa shape index (κ2) is 5.21. The molecule has 0 saturated carbocycles. The number of carbonyl (C=O) groups is 2. The topological polar surface area (TPSA) is 43.9 Å². The maximum absolute atomic E-state index is 12.1. The maximum Gasteiger partial charge on any atom is 0.320 e. The van der Waals surface area contributed by atoms with Gasteiger partial charge in [-0.05, 0) is 18.9 Å². The summed E-state index contributed by atoms with van der Waals surface area (Å²) in [7, 11) is 0. The Hall–Kier alpha value is -1.52. The predicted octanol–water partition coefficient (Wildman–Crippen LogP) is 0.532. The quantitative estimate of drug-likeness (QED) is 0.624. The molecule has 2 saturated heterocycles. The summed E-state index contributed by atoms with van der Waals surface area (Å²) in [6, 6.07) is 0.133. The molecule has 2 rings (SSSR count). The van der Waals surface area contributed by atoms with Crippen LogP contribution in [-0.4, -0.2) is 65.9 Å². The van der Waals surface area contributed by atoms with Gasteiger partial charge in [-0.25, -0.2) is 4.79 Å². The van der Waals surface area contributed by atoms with Crippen molar-refractivity contribution in [2.75, 3.05) is 39.3 Å². The first-order chi connectivity index (χ1) is 8.22. The highest BCUT2D eigenvalue weighted by Gasteiger charge is 2.27. The minimum atomic E-state index is -0.0433. The average Bonchev–Trinajstić information content (AvgIpc) is 2.91. The number of nitrogens with zero attached hydrogens (tertiary/aromatic N) is 3. The molecule has 0 N–H and O–H groups in total. The molecule has 0 radical (unpaired) electrons. The zero-order valence-corrected chi connectivity index (χ0v) is 10.1. The second-order valence-electron chi connectivity index (χ2n) is 4.49. The Labute approximate surface area is 102 Å². The number of amides is 3. The lowest BCUT2D eigenvalue weighted by Gasteiger charge is -2.36. The Morgan fingerprint density at radius 3 is 1.82 bits per heavy atom. The molecule has 0 aromatic carbocycles. The molecular weight excluding hydrogens is 218 g/mol. The van der Waals surface area contributed by atoms with E-state index in [2.05, 4.69) is 6.58 Å². The molecule has 0 spiro atoms. The van der Waals surface area contributed by atoms with Gasteiger partial charge in [-0.15, -0.1) is 0 Å². The Morgan fingerprint density at radius 1 is 0.824 bits per heavy atom. The molecule has 0 aromatic heterocycles. The number of piperazine rings is 1. The van der Waals surface area contributed by atoms with Crippen LogP contribution in [0.5, 0.6) is 0 Å². The van der Waals surface area contributed by atoms with Crippen LogP contribution >= 0.6 is 0 Å². The summed E-state index contributed by atoms with van der Waals surface area (Å²) >= 11 is 0. The number of urea groups is 1. The van der Waals surface area contributed by atoms with E-state index < -0.39 is 0 Å². The standard InChI is InChI=1S/C12H19N3O2/c1-2-11(16)13-7-9-15(10-8-13)12(17)14-5-3-4-6-14/h2H,1,3-10H2.